The van der Waals surface area contributed by atoms with Crippen LogP contribution in [0.3, 0.4) is 0 Å². The number of ketones is 2. The van der Waals surface area contributed by atoms with Crippen molar-refractivity contribution in [2.75, 3.05) is 0 Å². The summed E-state index contributed by atoms with van der Waals surface area (Å²) in [7, 11) is 1.74. The number of carbonyl (C=O) groups is 2. The van der Waals surface area contributed by atoms with E-state index in [9.17, 15) is 9.59 Å². The topological polar surface area (TPSA) is 65.1 Å². The van der Waals surface area contributed by atoms with Crippen LogP contribution in [0.1, 0.15) is 32.9 Å². The monoisotopic (exact) mass is 244 g/mol. The Balaban J connectivity index is 1.91. The summed E-state index contributed by atoms with van der Waals surface area (Å²) >= 11 is 0. The number of hydrogen-bond acceptors (Lipinski definition) is 4. The van der Waals surface area contributed by atoms with Crippen molar-refractivity contribution in [3.8, 4) is 0 Å². The Kier molecular flexibility index (Phi) is 2.40. The fourth-order valence-electron chi connectivity index (χ4n) is 2.35. The predicted octanol–water partition coefficient (Wildman–Crippen LogP) is 1.64. The number of hydrogen-bond donors (Lipinski definition) is 0. The lowest BCUT2D eigenvalue weighted by Crippen LogP contribution is -2.28. The molecule has 5 heteroatoms. The summed E-state index contributed by atoms with van der Waals surface area (Å²) in [5.74, 6) is -0.201. The SMILES string of the molecule is Cn1cc(C(=O)C2CCc3occc3C2=O)cn1. The van der Waals surface area contributed by atoms with Crippen LogP contribution < -0.4 is 0 Å². The number of furan rings is 1. The minimum atomic E-state index is -0.598. The first-order valence-electron chi connectivity index (χ1n) is 5.80. The fourth-order valence-corrected chi connectivity index (χ4v) is 2.35. The molecule has 0 spiro atoms. The van der Waals surface area contributed by atoms with Crippen LogP contribution in [0.25, 0.3) is 0 Å². The normalized spacial score (nSPS) is 18.7. The van der Waals surface area contributed by atoms with Gasteiger partial charge in [0.05, 0.1) is 29.5 Å². The zero-order valence-corrected chi connectivity index (χ0v) is 9.92. The van der Waals surface area contributed by atoms with Gasteiger partial charge in [0.15, 0.2) is 11.6 Å². The van der Waals surface area contributed by atoms with Gasteiger partial charge in [-0.15, -0.1) is 0 Å². The van der Waals surface area contributed by atoms with E-state index in [0.717, 1.165) is 0 Å². The Morgan fingerprint density at radius 1 is 1.56 bits per heavy atom. The van der Waals surface area contributed by atoms with E-state index in [1.807, 2.05) is 0 Å². The average molecular weight is 244 g/mol. The van der Waals surface area contributed by atoms with Gasteiger partial charge >= 0.3 is 0 Å². The summed E-state index contributed by atoms with van der Waals surface area (Å²) in [5.41, 5.74) is 1.03. The van der Waals surface area contributed by atoms with Crippen LogP contribution in [0, 0.1) is 5.92 Å². The second kappa shape index (κ2) is 3.94. The molecule has 5 nitrogen and oxygen atoms in total. The molecule has 0 aliphatic heterocycles. The summed E-state index contributed by atoms with van der Waals surface area (Å²) < 4.78 is 6.77. The molecule has 0 N–H and O–H groups in total. The molecule has 18 heavy (non-hydrogen) atoms. The van der Waals surface area contributed by atoms with Crippen molar-refractivity contribution in [3.63, 3.8) is 0 Å². The third kappa shape index (κ3) is 1.59. The predicted molar refractivity (Wildman–Crippen MR) is 62.4 cm³/mol. The minimum absolute atomic E-state index is 0.140. The Bertz CT molecular complexity index is 624. The molecule has 92 valence electrons. The average Bonchev–Trinajstić information content (AvgIpc) is 2.97. The van der Waals surface area contributed by atoms with E-state index in [1.54, 1.807) is 24.0 Å². The number of fused-ring (bicyclic) bond motifs is 1. The van der Waals surface area contributed by atoms with E-state index in [1.165, 1.54) is 12.5 Å². The van der Waals surface area contributed by atoms with Crippen molar-refractivity contribution in [1.82, 2.24) is 9.78 Å². The van der Waals surface area contributed by atoms with Crippen molar-refractivity contribution in [2.45, 2.75) is 12.8 Å². The van der Waals surface area contributed by atoms with E-state index in [4.69, 9.17) is 4.42 Å². The van der Waals surface area contributed by atoms with Crippen LogP contribution in [-0.2, 0) is 13.5 Å². The van der Waals surface area contributed by atoms with Crippen molar-refractivity contribution in [1.29, 1.82) is 0 Å². The highest BCUT2D eigenvalue weighted by Gasteiger charge is 2.35. The Morgan fingerprint density at radius 3 is 3.11 bits per heavy atom. The zero-order valence-electron chi connectivity index (χ0n) is 9.92. The van der Waals surface area contributed by atoms with Gasteiger partial charge in [-0.3, -0.25) is 14.3 Å². The summed E-state index contributed by atoms with van der Waals surface area (Å²) in [6, 6.07) is 1.64. The molecule has 1 atom stereocenters. The maximum absolute atomic E-state index is 12.3. The van der Waals surface area contributed by atoms with Gasteiger partial charge in [-0.2, -0.15) is 5.10 Å². The van der Waals surface area contributed by atoms with Gasteiger partial charge in [-0.05, 0) is 12.5 Å². The lowest BCUT2D eigenvalue weighted by Gasteiger charge is -2.18. The minimum Gasteiger partial charge on any atom is -0.469 e. The largest absolute Gasteiger partial charge is 0.469 e. The molecular formula is C13H12N2O3. The fraction of sp³-hybridized carbons (Fsp3) is 0.308. The highest BCUT2D eigenvalue weighted by Crippen LogP contribution is 2.28. The molecular weight excluding hydrogens is 232 g/mol. The lowest BCUT2D eigenvalue weighted by atomic mass is 9.82. The van der Waals surface area contributed by atoms with E-state index in [2.05, 4.69) is 5.10 Å². The molecule has 0 aromatic carbocycles. The molecule has 1 unspecified atom stereocenters. The Hall–Kier alpha value is -2.17. The summed E-state index contributed by atoms with van der Waals surface area (Å²) in [4.78, 5) is 24.4. The quantitative estimate of drug-likeness (QED) is 0.595. The molecule has 2 aromatic rings. The third-order valence-corrected chi connectivity index (χ3v) is 3.29. The molecule has 3 rings (SSSR count). The molecule has 0 radical (unpaired) electrons. The lowest BCUT2D eigenvalue weighted by molar-refractivity contribution is 0.0787. The van der Waals surface area contributed by atoms with Crippen molar-refractivity contribution < 1.29 is 14.0 Å². The van der Waals surface area contributed by atoms with E-state index in [-0.39, 0.29) is 11.6 Å². The standard InChI is InChI=1S/C13H12N2O3/c1-15-7-8(6-14-15)12(16)10-2-3-11-9(13(10)17)4-5-18-11/h4-7,10H,2-3H2,1H3. The number of Topliss-reactive ketones (excluding diaryl/α,β-unsaturated/α-hetero) is 2. The molecule has 0 fully saturated rings. The van der Waals surface area contributed by atoms with Crippen LogP contribution in [0.4, 0.5) is 0 Å². The summed E-state index contributed by atoms with van der Waals surface area (Å²) in [6.07, 6.45) is 5.78. The van der Waals surface area contributed by atoms with E-state index >= 15 is 0 Å². The Morgan fingerprint density at radius 2 is 2.39 bits per heavy atom. The van der Waals surface area contributed by atoms with Gasteiger partial charge in [-0.25, -0.2) is 0 Å². The number of aromatic nitrogens is 2. The van der Waals surface area contributed by atoms with Crippen LogP contribution in [0.5, 0.6) is 0 Å². The van der Waals surface area contributed by atoms with Crippen LogP contribution >= 0.6 is 0 Å². The zero-order chi connectivity index (χ0) is 12.7. The molecule has 2 heterocycles. The first-order chi connectivity index (χ1) is 8.66. The van der Waals surface area contributed by atoms with E-state index < -0.39 is 5.92 Å². The molecule has 0 saturated heterocycles. The Labute approximate surface area is 103 Å². The van der Waals surface area contributed by atoms with Crippen molar-refractivity contribution in [3.05, 3.63) is 41.6 Å². The first kappa shape index (κ1) is 11.0. The second-order valence-corrected chi connectivity index (χ2v) is 4.48. The number of aryl methyl sites for hydroxylation is 2. The van der Waals surface area contributed by atoms with Gasteiger partial charge in [-0.1, -0.05) is 0 Å². The smallest absolute Gasteiger partial charge is 0.177 e. The van der Waals surface area contributed by atoms with Crippen LogP contribution in [0.2, 0.25) is 0 Å². The number of rotatable bonds is 2. The molecule has 0 bridgehead atoms. The molecule has 2 aromatic heterocycles. The second-order valence-electron chi connectivity index (χ2n) is 4.48. The summed E-state index contributed by atoms with van der Waals surface area (Å²) in [5, 5.41) is 3.96. The highest BCUT2D eigenvalue weighted by molar-refractivity contribution is 6.16. The maximum atomic E-state index is 12.3. The van der Waals surface area contributed by atoms with Gasteiger partial charge in [0.1, 0.15) is 5.76 Å². The number of nitrogens with zero attached hydrogens (tertiary/aromatic N) is 2. The van der Waals surface area contributed by atoms with Gasteiger partial charge < -0.3 is 4.42 Å². The summed E-state index contributed by atoms with van der Waals surface area (Å²) in [6.45, 7) is 0. The molecule has 1 aliphatic carbocycles. The van der Waals surface area contributed by atoms with Gasteiger partial charge in [0, 0.05) is 19.7 Å². The van der Waals surface area contributed by atoms with Crippen LogP contribution in [-0.4, -0.2) is 21.3 Å². The van der Waals surface area contributed by atoms with E-state index in [0.29, 0.717) is 29.7 Å². The van der Waals surface area contributed by atoms with Crippen molar-refractivity contribution in [2.24, 2.45) is 13.0 Å². The molecule has 0 amide bonds. The van der Waals surface area contributed by atoms with Gasteiger partial charge in [0.25, 0.3) is 0 Å². The van der Waals surface area contributed by atoms with Gasteiger partial charge in [0.2, 0.25) is 0 Å². The first-order valence-corrected chi connectivity index (χ1v) is 5.80. The maximum Gasteiger partial charge on any atom is 0.177 e. The molecule has 1 aliphatic rings. The van der Waals surface area contributed by atoms with Crippen molar-refractivity contribution >= 4 is 11.6 Å². The highest BCUT2D eigenvalue weighted by atomic mass is 16.3. The van der Waals surface area contributed by atoms with Crippen LogP contribution in [0.15, 0.2) is 29.1 Å². The molecule has 0 saturated carbocycles. The third-order valence-electron chi connectivity index (χ3n) is 3.29. The number of carbonyl (C=O) groups excluding carboxylic acids is 2.